The van der Waals surface area contributed by atoms with Crippen molar-refractivity contribution in [3.8, 4) is 0 Å². The number of hydrogen-bond acceptors (Lipinski definition) is 2. The van der Waals surface area contributed by atoms with E-state index < -0.39 is 10.9 Å². The van der Waals surface area contributed by atoms with E-state index in [0.29, 0.717) is 5.76 Å². The fourth-order valence-corrected chi connectivity index (χ4v) is 2.04. The van der Waals surface area contributed by atoms with Gasteiger partial charge in [0.05, 0.1) is 11.8 Å². The Morgan fingerprint density at radius 1 is 1.21 bits per heavy atom. The lowest BCUT2D eigenvalue weighted by Gasteiger charge is -2.25. The van der Waals surface area contributed by atoms with Gasteiger partial charge in [0.15, 0.2) is 0 Å². The van der Waals surface area contributed by atoms with E-state index in [1.54, 1.807) is 12.3 Å². The van der Waals surface area contributed by atoms with Crippen molar-refractivity contribution in [1.82, 2.24) is 5.32 Å². The highest BCUT2D eigenvalue weighted by atomic mass is 35.5. The molecule has 3 nitrogen and oxygen atoms in total. The van der Waals surface area contributed by atoms with Crippen LogP contribution in [-0.4, -0.2) is 5.91 Å². The summed E-state index contributed by atoms with van der Waals surface area (Å²) in [6.45, 7) is 3.75. The van der Waals surface area contributed by atoms with Crippen LogP contribution in [0.25, 0.3) is 0 Å². The number of rotatable bonds is 4. The predicted molar refractivity (Wildman–Crippen MR) is 74.9 cm³/mol. The highest BCUT2D eigenvalue weighted by Gasteiger charge is 2.29. The third kappa shape index (κ3) is 3.18. The molecule has 0 fully saturated rings. The Hall–Kier alpha value is -1.74. The summed E-state index contributed by atoms with van der Waals surface area (Å²) in [6.07, 6.45) is 1.58. The molecular weight excluding hydrogens is 262 g/mol. The van der Waals surface area contributed by atoms with E-state index >= 15 is 0 Å². The van der Waals surface area contributed by atoms with Crippen LogP contribution in [0.2, 0.25) is 0 Å². The minimum atomic E-state index is -0.713. The summed E-state index contributed by atoms with van der Waals surface area (Å²) in [6, 6.07) is 12.9. The number of hydrogen-bond donors (Lipinski definition) is 1. The fourth-order valence-electron chi connectivity index (χ4n) is 1.84. The molecule has 0 aliphatic heterocycles. The Labute approximate surface area is 117 Å². The van der Waals surface area contributed by atoms with Gasteiger partial charge in [0.25, 0.3) is 0 Å². The molecule has 1 aromatic heterocycles. The molecule has 0 bridgehead atoms. The zero-order chi connectivity index (χ0) is 13.9. The van der Waals surface area contributed by atoms with Crippen molar-refractivity contribution in [3.63, 3.8) is 0 Å². The van der Waals surface area contributed by atoms with Crippen LogP contribution in [0, 0.1) is 0 Å². The van der Waals surface area contributed by atoms with E-state index in [4.69, 9.17) is 16.0 Å². The van der Waals surface area contributed by atoms with Crippen molar-refractivity contribution >= 4 is 17.5 Å². The molecule has 100 valence electrons. The maximum absolute atomic E-state index is 12.2. The maximum Gasteiger partial charge on any atom is 0.243 e. The van der Waals surface area contributed by atoms with E-state index in [1.807, 2.05) is 50.2 Å². The Morgan fingerprint density at radius 2 is 1.89 bits per heavy atom. The highest BCUT2D eigenvalue weighted by Crippen LogP contribution is 2.25. The van der Waals surface area contributed by atoms with Gasteiger partial charge in [0.1, 0.15) is 11.1 Å². The third-order valence-electron chi connectivity index (χ3n) is 2.90. The largest absolute Gasteiger partial charge is 0.467 e. The zero-order valence-corrected chi connectivity index (χ0v) is 11.6. The Balaban J connectivity index is 2.09. The first-order valence-electron chi connectivity index (χ1n) is 6.06. The SMILES string of the molecule is CC(C)(NC(=O)C(Cl)c1ccccc1)c1ccco1. The average Bonchev–Trinajstić information content (AvgIpc) is 2.93. The van der Waals surface area contributed by atoms with Crippen LogP contribution in [0.15, 0.2) is 53.1 Å². The summed E-state index contributed by atoms with van der Waals surface area (Å²) in [5, 5.41) is 2.18. The van der Waals surface area contributed by atoms with Gasteiger partial charge in [-0.25, -0.2) is 0 Å². The standard InChI is InChI=1S/C15H16ClNO2/c1-15(2,12-9-6-10-19-12)17-14(18)13(16)11-7-4-3-5-8-11/h3-10,13H,1-2H3,(H,17,18). The first kappa shape index (κ1) is 13.7. The number of carbonyl (C=O) groups excluding carboxylic acids is 1. The van der Waals surface area contributed by atoms with Crippen LogP contribution in [0.4, 0.5) is 0 Å². The molecule has 0 aliphatic carbocycles. The molecule has 1 amide bonds. The molecule has 0 spiro atoms. The van der Waals surface area contributed by atoms with E-state index in [0.717, 1.165) is 5.56 Å². The van der Waals surface area contributed by atoms with Crippen molar-refractivity contribution < 1.29 is 9.21 Å². The topological polar surface area (TPSA) is 42.2 Å². The molecule has 1 N–H and O–H groups in total. The number of nitrogens with one attached hydrogen (secondary N) is 1. The van der Waals surface area contributed by atoms with Gasteiger partial charge >= 0.3 is 0 Å². The normalized spacial score (nSPS) is 13.0. The highest BCUT2D eigenvalue weighted by molar-refractivity contribution is 6.30. The van der Waals surface area contributed by atoms with Crippen LogP contribution in [-0.2, 0) is 10.3 Å². The number of alkyl halides is 1. The van der Waals surface area contributed by atoms with Crippen molar-refractivity contribution in [2.75, 3.05) is 0 Å². The molecule has 1 unspecified atom stereocenters. The summed E-state index contributed by atoms with van der Waals surface area (Å²) in [5.74, 6) is 0.451. The number of carbonyl (C=O) groups is 1. The van der Waals surface area contributed by atoms with Crippen molar-refractivity contribution in [2.45, 2.75) is 24.8 Å². The molecule has 19 heavy (non-hydrogen) atoms. The summed E-state index contributed by atoms with van der Waals surface area (Å²) in [4.78, 5) is 12.2. The van der Waals surface area contributed by atoms with Gasteiger partial charge in [-0.2, -0.15) is 0 Å². The fraction of sp³-hybridized carbons (Fsp3) is 0.267. The third-order valence-corrected chi connectivity index (χ3v) is 3.35. The number of amides is 1. The zero-order valence-electron chi connectivity index (χ0n) is 10.9. The van der Waals surface area contributed by atoms with Gasteiger partial charge in [-0.05, 0) is 31.5 Å². The van der Waals surface area contributed by atoms with Gasteiger partial charge in [0.2, 0.25) is 5.91 Å². The van der Waals surface area contributed by atoms with Crippen molar-refractivity contribution in [3.05, 3.63) is 60.1 Å². The molecule has 2 aromatic rings. The molecule has 0 saturated carbocycles. The molecule has 4 heteroatoms. The van der Waals surface area contributed by atoms with Crippen LogP contribution in [0.3, 0.4) is 0 Å². The smallest absolute Gasteiger partial charge is 0.243 e. The lowest BCUT2D eigenvalue weighted by molar-refractivity contribution is -0.122. The monoisotopic (exact) mass is 277 g/mol. The number of furan rings is 1. The predicted octanol–water partition coefficient (Wildman–Crippen LogP) is 3.61. The minimum absolute atomic E-state index is 0.241. The van der Waals surface area contributed by atoms with Crippen LogP contribution in [0.1, 0.15) is 30.5 Å². The van der Waals surface area contributed by atoms with Crippen molar-refractivity contribution in [1.29, 1.82) is 0 Å². The molecular formula is C15H16ClNO2. The maximum atomic E-state index is 12.2. The van der Waals surface area contributed by atoms with Gasteiger partial charge in [-0.15, -0.1) is 11.6 Å². The molecule has 1 heterocycles. The second-order valence-corrected chi connectivity index (χ2v) is 5.30. The minimum Gasteiger partial charge on any atom is -0.467 e. The van der Waals surface area contributed by atoms with Crippen LogP contribution >= 0.6 is 11.6 Å². The van der Waals surface area contributed by atoms with Gasteiger partial charge in [0, 0.05) is 0 Å². The second kappa shape index (κ2) is 5.49. The summed E-state index contributed by atoms with van der Waals surface area (Å²) in [5.41, 5.74) is 0.180. The lowest BCUT2D eigenvalue weighted by atomic mass is 10.0. The average molecular weight is 278 g/mol. The van der Waals surface area contributed by atoms with Crippen molar-refractivity contribution in [2.24, 2.45) is 0 Å². The summed E-state index contributed by atoms with van der Waals surface area (Å²) >= 11 is 6.18. The van der Waals surface area contributed by atoms with Crippen LogP contribution in [0.5, 0.6) is 0 Å². The molecule has 0 saturated heterocycles. The summed E-state index contributed by atoms with van der Waals surface area (Å²) in [7, 11) is 0. The van der Waals surface area contributed by atoms with Gasteiger partial charge in [-0.1, -0.05) is 30.3 Å². The molecule has 1 atom stereocenters. The number of halogens is 1. The molecule has 0 aliphatic rings. The molecule has 1 aromatic carbocycles. The van der Waals surface area contributed by atoms with E-state index in [9.17, 15) is 4.79 Å². The Morgan fingerprint density at radius 3 is 2.47 bits per heavy atom. The number of benzene rings is 1. The Kier molecular flexibility index (Phi) is 3.96. The lowest BCUT2D eigenvalue weighted by Crippen LogP contribution is -2.42. The first-order chi connectivity index (χ1) is 9.00. The van der Waals surface area contributed by atoms with E-state index in [1.165, 1.54) is 0 Å². The van der Waals surface area contributed by atoms with E-state index in [2.05, 4.69) is 5.32 Å². The van der Waals surface area contributed by atoms with Gasteiger partial charge in [-0.3, -0.25) is 4.79 Å². The van der Waals surface area contributed by atoms with Gasteiger partial charge < -0.3 is 9.73 Å². The molecule has 0 radical (unpaired) electrons. The first-order valence-corrected chi connectivity index (χ1v) is 6.49. The Bertz CT molecular complexity index is 535. The van der Waals surface area contributed by atoms with E-state index in [-0.39, 0.29) is 5.91 Å². The quantitative estimate of drug-likeness (QED) is 0.868. The summed E-state index contributed by atoms with van der Waals surface area (Å²) < 4.78 is 5.33. The molecule has 2 rings (SSSR count). The van der Waals surface area contributed by atoms with Crippen LogP contribution < -0.4 is 5.32 Å². The second-order valence-electron chi connectivity index (χ2n) is 4.86.